The molecule has 1 aromatic heterocycles. The third-order valence-electron chi connectivity index (χ3n) is 5.28. The third-order valence-corrected chi connectivity index (χ3v) is 5.28. The normalized spacial score (nSPS) is 12.9. The number of aromatic nitrogens is 2. The first-order chi connectivity index (χ1) is 14.2. The highest BCUT2D eigenvalue weighted by Gasteiger charge is 2.29. The van der Waals surface area contributed by atoms with Gasteiger partial charge in [-0.3, -0.25) is 23.5 Å². The Morgan fingerprint density at radius 3 is 2.33 bits per heavy atom. The molecule has 0 radical (unpaired) electrons. The summed E-state index contributed by atoms with van der Waals surface area (Å²) in [7, 11) is 1.29. The quantitative estimate of drug-likeness (QED) is 0.496. The number of nitrogens with two attached hydrogens (primary N) is 1. The minimum Gasteiger partial charge on any atom is -0.457 e. The molecular weight excluding hydrogens is 386 g/mol. The van der Waals surface area contributed by atoms with Crippen molar-refractivity contribution in [3.63, 3.8) is 0 Å². The van der Waals surface area contributed by atoms with Crippen LogP contribution in [-0.2, 0) is 23.1 Å². The van der Waals surface area contributed by atoms with Gasteiger partial charge in [-0.2, -0.15) is 0 Å². The summed E-state index contributed by atoms with van der Waals surface area (Å²) in [6, 6.07) is 9.22. The van der Waals surface area contributed by atoms with Crippen molar-refractivity contribution in [1.29, 1.82) is 0 Å². The molecule has 0 aliphatic heterocycles. The predicted molar refractivity (Wildman–Crippen MR) is 115 cm³/mol. The number of ketones is 1. The standard InChI is InChI=1S/C22H29N3O5/c1-5-12-25-19(23)18(20(27)24(4)22(25)29)16(26)13-30-21(28)17(14(3)6-2)15-10-8-7-9-11-15/h7-11,14,17H,5-6,12-13,23H2,1-4H3/t14-,17+/m1/s1. The Labute approximate surface area is 175 Å². The van der Waals surface area contributed by atoms with E-state index in [-0.39, 0.29) is 23.8 Å². The number of nitrogens with zero attached hydrogens (tertiary/aromatic N) is 2. The number of ether oxygens (including phenoxy) is 1. The number of rotatable bonds is 9. The SMILES string of the molecule is CCCn1c(N)c(C(=O)COC(=O)[C@H](c2ccccc2)[C@H](C)CC)c(=O)n(C)c1=O. The molecule has 0 saturated heterocycles. The van der Waals surface area contributed by atoms with Crippen LogP contribution in [-0.4, -0.2) is 27.5 Å². The van der Waals surface area contributed by atoms with Gasteiger partial charge in [-0.05, 0) is 17.9 Å². The van der Waals surface area contributed by atoms with Crippen molar-refractivity contribution in [2.24, 2.45) is 13.0 Å². The molecule has 2 aromatic rings. The van der Waals surface area contributed by atoms with Crippen molar-refractivity contribution in [2.45, 2.75) is 46.1 Å². The highest BCUT2D eigenvalue weighted by atomic mass is 16.5. The van der Waals surface area contributed by atoms with E-state index in [1.165, 1.54) is 11.6 Å². The van der Waals surface area contributed by atoms with Crippen LogP contribution in [0.1, 0.15) is 55.5 Å². The molecule has 0 bridgehead atoms. The average molecular weight is 415 g/mol. The maximum Gasteiger partial charge on any atom is 0.332 e. The second-order valence-corrected chi connectivity index (χ2v) is 7.36. The van der Waals surface area contributed by atoms with Gasteiger partial charge in [0.1, 0.15) is 11.4 Å². The number of esters is 1. The molecule has 2 atom stereocenters. The van der Waals surface area contributed by atoms with Crippen molar-refractivity contribution in [3.05, 3.63) is 62.3 Å². The van der Waals surface area contributed by atoms with Gasteiger partial charge in [0.15, 0.2) is 6.61 Å². The number of anilines is 1. The van der Waals surface area contributed by atoms with Crippen LogP contribution in [0.5, 0.6) is 0 Å². The maximum atomic E-state index is 12.8. The lowest BCUT2D eigenvalue weighted by Gasteiger charge is -2.22. The van der Waals surface area contributed by atoms with Crippen LogP contribution in [0, 0.1) is 5.92 Å². The van der Waals surface area contributed by atoms with Crippen LogP contribution >= 0.6 is 0 Å². The maximum absolute atomic E-state index is 12.8. The second kappa shape index (κ2) is 10.0. The van der Waals surface area contributed by atoms with Gasteiger partial charge in [-0.1, -0.05) is 57.5 Å². The molecule has 0 amide bonds. The molecule has 8 nitrogen and oxygen atoms in total. The molecule has 8 heteroatoms. The summed E-state index contributed by atoms with van der Waals surface area (Å²) < 4.78 is 7.32. The molecule has 2 rings (SSSR count). The van der Waals surface area contributed by atoms with Gasteiger partial charge >= 0.3 is 11.7 Å². The average Bonchev–Trinajstić information content (AvgIpc) is 2.74. The van der Waals surface area contributed by atoms with Crippen molar-refractivity contribution >= 4 is 17.6 Å². The van der Waals surface area contributed by atoms with Gasteiger partial charge in [-0.15, -0.1) is 0 Å². The van der Waals surface area contributed by atoms with E-state index in [2.05, 4.69) is 0 Å². The van der Waals surface area contributed by atoms with E-state index < -0.39 is 35.5 Å². The first kappa shape index (κ1) is 23.1. The number of nitrogen functional groups attached to an aromatic ring is 1. The number of carbonyl (C=O) groups excluding carboxylic acids is 2. The molecule has 1 aromatic carbocycles. The molecular formula is C22H29N3O5. The lowest BCUT2D eigenvalue weighted by atomic mass is 9.85. The fourth-order valence-electron chi connectivity index (χ4n) is 3.38. The van der Waals surface area contributed by atoms with E-state index >= 15 is 0 Å². The van der Waals surface area contributed by atoms with E-state index in [0.717, 1.165) is 16.6 Å². The topological polar surface area (TPSA) is 113 Å². The molecule has 0 unspecified atom stereocenters. The molecule has 30 heavy (non-hydrogen) atoms. The lowest BCUT2D eigenvalue weighted by Crippen LogP contribution is -2.43. The van der Waals surface area contributed by atoms with Crippen LogP contribution in [0.3, 0.4) is 0 Å². The Balaban J connectivity index is 2.29. The molecule has 0 saturated carbocycles. The van der Waals surface area contributed by atoms with Gasteiger partial charge in [0.2, 0.25) is 5.78 Å². The van der Waals surface area contributed by atoms with Crippen molar-refractivity contribution in [1.82, 2.24) is 9.13 Å². The summed E-state index contributed by atoms with van der Waals surface area (Å²) in [5.41, 5.74) is 5.04. The summed E-state index contributed by atoms with van der Waals surface area (Å²) in [6.45, 7) is 5.40. The Morgan fingerprint density at radius 1 is 1.13 bits per heavy atom. The second-order valence-electron chi connectivity index (χ2n) is 7.36. The summed E-state index contributed by atoms with van der Waals surface area (Å²) in [5.74, 6) is -2.01. The highest BCUT2D eigenvalue weighted by molar-refractivity contribution is 6.01. The molecule has 2 N–H and O–H groups in total. The first-order valence-corrected chi connectivity index (χ1v) is 10.1. The smallest absolute Gasteiger partial charge is 0.332 e. The minimum absolute atomic E-state index is 0.000555. The van der Waals surface area contributed by atoms with Gasteiger partial charge in [0.25, 0.3) is 5.56 Å². The Bertz CT molecular complexity index is 1020. The zero-order chi connectivity index (χ0) is 22.4. The number of hydrogen-bond donors (Lipinski definition) is 1. The number of hydrogen-bond acceptors (Lipinski definition) is 6. The van der Waals surface area contributed by atoms with E-state index in [1.807, 2.05) is 51.1 Å². The summed E-state index contributed by atoms with van der Waals surface area (Å²) in [6.07, 6.45) is 1.34. The van der Waals surface area contributed by atoms with Gasteiger partial charge in [0, 0.05) is 13.6 Å². The molecule has 0 aliphatic carbocycles. The van der Waals surface area contributed by atoms with Crippen molar-refractivity contribution in [2.75, 3.05) is 12.3 Å². The largest absolute Gasteiger partial charge is 0.457 e. The van der Waals surface area contributed by atoms with Crippen LogP contribution in [0.15, 0.2) is 39.9 Å². The molecule has 162 valence electrons. The van der Waals surface area contributed by atoms with Crippen LogP contribution in [0.4, 0.5) is 5.82 Å². The fraction of sp³-hybridized carbons (Fsp3) is 0.455. The van der Waals surface area contributed by atoms with E-state index in [1.54, 1.807) is 0 Å². The van der Waals surface area contributed by atoms with Crippen LogP contribution in [0.25, 0.3) is 0 Å². The van der Waals surface area contributed by atoms with Gasteiger partial charge < -0.3 is 10.5 Å². The molecule has 0 spiro atoms. The Kier molecular flexibility index (Phi) is 7.74. The Hall–Kier alpha value is -3.16. The Morgan fingerprint density at radius 2 is 1.77 bits per heavy atom. The van der Waals surface area contributed by atoms with E-state index in [0.29, 0.717) is 6.42 Å². The zero-order valence-electron chi connectivity index (χ0n) is 17.9. The third kappa shape index (κ3) is 4.69. The lowest BCUT2D eigenvalue weighted by molar-refractivity contribution is -0.145. The molecule has 0 fully saturated rings. The van der Waals surface area contributed by atoms with Crippen molar-refractivity contribution in [3.8, 4) is 0 Å². The first-order valence-electron chi connectivity index (χ1n) is 10.1. The number of benzene rings is 1. The summed E-state index contributed by atoms with van der Waals surface area (Å²) >= 11 is 0. The van der Waals surface area contributed by atoms with E-state index in [9.17, 15) is 19.2 Å². The van der Waals surface area contributed by atoms with Crippen LogP contribution < -0.4 is 17.0 Å². The molecule has 0 aliphatic rings. The monoisotopic (exact) mass is 415 g/mol. The summed E-state index contributed by atoms with van der Waals surface area (Å²) in [4.78, 5) is 50.2. The molecule has 1 heterocycles. The summed E-state index contributed by atoms with van der Waals surface area (Å²) in [5, 5.41) is 0. The minimum atomic E-state index is -0.799. The number of Topliss-reactive ketones (excluding diaryl/α,β-unsaturated/α-hetero) is 1. The predicted octanol–water partition coefficient (Wildman–Crippen LogP) is 2.09. The van der Waals surface area contributed by atoms with Crippen LogP contribution in [0.2, 0.25) is 0 Å². The van der Waals surface area contributed by atoms with Crippen molar-refractivity contribution < 1.29 is 14.3 Å². The van der Waals surface area contributed by atoms with Gasteiger partial charge in [0.05, 0.1) is 5.92 Å². The van der Waals surface area contributed by atoms with Gasteiger partial charge in [-0.25, -0.2) is 4.79 Å². The highest BCUT2D eigenvalue weighted by Crippen LogP contribution is 2.28. The fourth-order valence-corrected chi connectivity index (χ4v) is 3.38. The zero-order valence-corrected chi connectivity index (χ0v) is 17.9. The van der Waals surface area contributed by atoms with E-state index in [4.69, 9.17) is 10.5 Å². The number of carbonyl (C=O) groups is 2.